The van der Waals surface area contributed by atoms with Gasteiger partial charge in [0.25, 0.3) is 0 Å². The SMILES string of the molecule is COc1ccc(CC2c3cc(OC(C)C)c(OC)cc3CCN2CC(=O)NC2CCCc3c(C)cc(C)cc32)cc1OC. The molecule has 230 valence electrons. The Bertz CT molecular complexity index is 1470. The second kappa shape index (κ2) is 13.3. The maximum atomic E-state index is 13.7. The van der Waals surface area contributed by atoms with E-state index in [4.69, 9.17) is 18.9 Å². The fourth-order valence-corrected chi connectivity index (χ4v) is 6.82. The van der Waals surface area contributed by atoms with Crippen molar-refractivity contribution >= 4 is 5.91 Å². The monoisotopic (exact) mass is 586 g/mol. The topological polar surface area (TPSA) is 69.3 Å². The molecule has 7 heteroatoms. The van der Waals surface area contributed by atoms with Crippen LogP contribution < -0.4 is 24.3 Å². The van der Waals surface area contributed by atoms with E-state index in [1.165, 1.54) is 33.4 Å². The smallest absolute Gasteiger partial charge is 0.234 e. The fourth-order valence-electron chi connectivity index (χ4n) is 6.82. The first kappa shape index (κ1) is 30.7. The minimum Gasteiger partial charge on any atom is -0.493 e. The van der Waals surface area contributed by atoms with Crippen molar-refractivity contribution in [1.82, 2.24) is 10.2 Å². The summed E-state index contributed by atoms with van der Waals surface area (Å²) < 4.78 is 23.0. The van der Waals surface area contributed by atoms with E-state index >= 15 is 0 Å². The second-order valence-corrected chi connectivity index (χ2v) is 12.2. The van der Waals surface area contributed by atoms with Gasteiger partial charge in [-0.15, -0.1) is 0 Å². The molecular weight excluding hydrogens is 540 g/mol. The molecule has 43 heavy (non-hydrogen) atoms. The summed E-state index contributed by atoms with van der Waals surface area (Å²) in [5.41, 5.74) is 8.75. The average Bonchev–Trinajstić information content (AvgIpc) is 2.98. The number of carbonyl (C=O) groups excluding carboxylic acids is 1. The van der Waals surface area contributed by atoms with Gasteiger partial charge in [-0.3, -0.25) is 9.69 Å². The van der Waals surface area contributed by atoms with Crippen LogP contribution in [0.3, 0.4) is 0 Å². The molecule has 1 N–H and O–H groups in total. The number of benzene rings is 3. The van der Waals surface area contributed by atoms with Gasteiger partial charge in [-0.25, -0.2) is 0 Å². The van der Waals surface area contributed by atoms with Crippen LogP contribution in [0.25, 0.3) is 0 Å². The van der Waals surface area contributed by atoms with Crippen LogP contribution in [0.1, 0.15) is 77.7 Å². The lowest BCUT2D eigenvalue weighted by atomic mass is 9.84. The number of amides is 1. The minimum atomic E-state index is -0.0313. The van der Waals surface area contributed by atoms with Gasteiger partial charge in [0.05, 0.1) is 40.0 Å². The van der Waals surface area contributed by atoms with Gasteiger partial charge in [0.15, 0.2) is 23.0 Å². The zero-order valence-corrected chi connectivity index (χ0v) is 26.7. The molecule has 0 bridgehead atoms. The van der Waals surface area contributed by atoms with Gasteiger partial charge in [0.2, 0.25) is 5.91 Å². The molecule has 1 amide bonds. The van der Waals surface area contributed by atoms with Gasteiger partial charge < -0.3 is 24.3 Å². The van der Waals surface area contributed by atoms with Crippen LogP contribution in [-0.4, -0.2) is 51.3 Å². The maximum Gasteiger partial charge on any atom is 0.234 e. The molecule has 1 aliphatic carbocycles. The number of hydrogen-bond acceptors (Lipinski definition) is 6. The van der Waals surface area contributed by atoms with Gasteiger partial charge in [-0.1, -0.05) is 23.8 Å². The minimum absolute atomic E-state index is 0.00682. The van der Waals surface area contributed by atoms with Crippen molar-refractivity contribution in [3.8, 4) is 23.0 Å². The Morgan fingerprint density at radius 1 is 0.907 bits per heavy atom. The van der Waals surface area contributed by atoms with E-state index in [-0.39, 0.29) is 24.1 Å². The lowest BCUT2D eigenvalue weighted by Gasteiger charge is -2.38. The van der Waals surface area contributed by atoms with E-state index in [1.807, 2.05) is 26.0 Å². The third-order valence-corrected chi connectivity index (χ3v) is 8.76. The number of aryl methyl sites for hydroxylation is 2. The van der Waals surface area contributed by atoms with Gasteiger partial charge in [-0.2, -0.15) is 0 Å². The molecule has 1 aliphatic heterocycles. The first-order valence-corrected chi connectivity index (χ1v) is 15.4. The standard InChI is InChI=1S/C36H46N2O5/c1-22(2)43-35-20-28-26(19-34(35)42-7)13-14-38(31(28)17-25-11-12-32(40-5)33(18-25)41-6)21-36(39)37-30-10-8-9-27-24(4)15-23(3)16-29(27)30/h11-12,15-16,18-20,22,30-31H,8-10,13-14,17,21H2,1-7H3,(H,37,39). The lowest BCUT2D eigenvalue weighted by molar-refractivity contribution is -0.123. The Morgan fingerprint density at radius 3 is 2.37 bits per heavy atom. The summed E-state index contributed by atoms with van der Waals surface area (Å²) in [6.07, 6.45) is 4.67. The number of rotatable bonds is 10. The lowest BCUT2D eigenvalue weighted by Crippen LogP contribution is -2.44. The van der Waals surface area contributed by atoms with Crippen LogP contribution in [0.2, 0.25) is 0 Å². The summed E-state index contributed by atoms with van der Waals surface area (Å²) in [6.45, 7) is 9.45. The molecule has 2 atom stereocenters. The number of methoxy groups -OCH3 is 3. The van der Waals surface area contributed by atoms with Crippen LogP contribution >= 0.6 is 0 Å². The number of ether oxygens (including phenoxy) is 4. The molecule has 0 saturated carbocycles. The highest BCUT2D eigenvalue weighted by molar-refractivity contribution is 5.79. The maximum absolute atomic E-state index is 13.7. The van der Waals surface area contributed by atoms with E-state index in [9.17, 15) is 4.79 Å². The van der Waals surface area contributed by atoms with Crippen LogP contribution in [0.15, 0.2) is 42.5 Å². The quantitative estimate of drug-likeness (QED) is 0.294. The van der Waals surface area contributed by atoms with Crippen molar-refractivity contribution in [2.45, 2.75) is 78.0 Å². The largest absolute Gasteiger partial charge is 0.493 e. The first-order chi connectivity index (χ1) is 20.7. The zero-order chi connectivity index (χ0) is 30.7. The van der Waals surface area contributed by atoms with E-state index < -0.39 is 0 Å². The molecule has 3 aromatic rings. The Labute approximate surface area is 256 Å². The van der Waals surface area contributed by atoms with Crippen LogP contribution in [0, 0.1) is 13.8 Å². The normalized spacial score (nSPS) is 18.0. The molecule has 0 radical (unpaired) electrons. The highest BCUT2D eigenvalue weighted by Gasteiger charge is 2.32. The molecule has 0 aromatic heterocycles. The van der Waals surface area contributed by atoms with E-state index in [2.05, 4.69) is 54.4 Å². The molecule has 5 rings (SSSR count). The van der Waals surface area contributed by atoms with Crippen molar-refractivity contribution in [2.75, 3.05) is 34.4 Å². The van der Waals surface area contributed by atoms with Gasteiger partial charge >= 0.3 is 0 Å². The van der Waals surface area contributed by atoms with Crippen molar-refractivity contribution < 1.29 is 23.7 Å². The van der Waals surface area contributed by atoms with Crippen molar-refractivity contribution in [1.29, 1.82) is 0 Å². The number of nitrogens with one attached hydrogen (secondary N) is 1. The number of hydrogen-bond donors (Lipinski definition) is 1. The predicted molar refractivity (Wildman–Crippen MR) is 170 cm³/mol. The molecule has 0 saturated heterocycles. The van der Waals surface area contributed by atoms with Crippen molar-refractivity contribution in [3.63, 3.8) is 0 Å². The van der Waals surface area contributed by atoms with E-state index in [1.54, 1.807) is 21.3 Å². The molecular formula is C36H46N2O5. The van der Waals surface area contributed by atoms with Gasteiger partial charge in [0.1, 0.15) is 0 Å². The highest BCUT2D eigenvalue weighted by Crippen LogP contribution is 2.41. The molecule has 3 aromatic carbocycles. The zero-order valence-electron chi connectivity index (χ0n) is 26.7. The second-order valence-electron chi connectivity index (χ2n) is 12.2. The summed E-state index contributed by atoms with van der Waals surface area (Å²) >= 11 is 0. The Hall–Kier alpha value is -3.71. The van der Waals surface area contributed by atoms with Crippen molar-refractivity contribution in [2.24, 2.45) is 0 Å². The highest BCUT2D eigenvalue weighted by atomic mass is 16.5. The summed E-state index contributed by atoms with van der Waals surface area (Å²) in [6, 6.07) is 14.8. The summed E-state index contributed by atoms with van der Waals surface area (Å²) in [7, 11) is 4.98. The fraction of sp³-hybridized carbons (Fsp3) is 0.472. The molecule has 2 aliphatic rings. The van der Waals surface area contributed by atoms with Gasteiger partial charge in [0, 0.05) is 12.6 Å². The number of nitrogens with zero attached hydrogens (tertiary/aromatic N) is 1. The summed E-state index contributed by atoms with van der Waals surface area (Å²) in [5.74, 6) is 2.92. The molecule has 0 spiro atoms. The van der Waals surface area contributed by atoms with Crippen molar-refractivity contribution in [3.05, 3.63) is 81.4 Å². The summed E-state index contributed by atoms with van der Waals surface area (Å²) in [5, 5.41) is 3.41. The average molecular weight is 587 g/mol. The number of carbonyl (C=O) groups is 1. The Kier molecular flexibility index (Phi) is 9.50. The van der Waals surface area contributed by atoms with Crippen LogP contribution in [-0.2, 0) is 24.1 Å². The third-order valence-electron chi connectivity index (χ3n) is 8.76. The third kappa shape index (κ3) is 6.77. The van der Waals surface area contributed by atoms with Crippen LogP contribution in [0.5, 0.6) is 23.0 Å². The van der Waals surface area contributed by atoms with Gasteiger partial charge in [-0.05, 0) is 117 Å². The number of fused-ring (bicyclic) bond motifs is 2. The predicted octanol–water partition coefficient (Wildman–Crippen LogP) is 6.45. The Morgan fingerprint density at radius 2 is 1.65 bits per heavy atom. The molecule has 0 fully saturated rings. The molecule has 1 heterocycles. The van der Waals surface area contributed by atoms with E-state index in [0.29, 0.717) is 24.5 Å². The summed E-state index contributed by atoms with van der Waals surface area (Å²) in [4.78, 5) is 16.0. The Balaban J connectivity index is 1.45. The molecule has 2 unspecified atom stereocenters. The molecule has 7 nitrogen and oxygen atoms in total. The first-order valence-electron chi connectivity index (χ1n) is 15.4. The van der Waals surface area contributed by atoms with Crippen LogP contribution in [0.4, 0.5) is 0 Å². The van der Waals surface area contributed by atoms with E-state index in [0.717, 1.165) is 49.3 Å².